The van der Waals surface area contributed by atoms with E-state index in [1.165, 1.54) is 50.3 Å². The van der Waals surface area contributed by atoms with E-state index in [1.54, 1.807) is 12.1 Å². The quantitative estimate of drug-likeness (QED) is 0.437. The Bertz CT molecular complexity index is 873. The molecule has 0 spiro atoms. The van der Waals surface area contributed by atoms with Crippen LogP contribution in [-0.2, 0) is 6.11 Å². The number of halogens is 4. The van der Waals surface area contributed by atoms with Gasteiger partial charge in [0.25, 0.3) is 0 Å². The summed E-state index contributed by atoms with van der Waals surface area (Å²) >= 11 is 0. The predicted octanol–water partition coefficient (Wildman–Crippen LogP) is 7.43. The summed E-state index contributed by atoms with van der Waals surface area (Å²) in [7, 11) is 0. The van der Waals surface area contributed by atoms with E-state index in [1.807, 2.05) is 0 Å². The van der Waals surface area contributed by atoms with Gasteiger partial charge >= 0.3 is 6.11 Å². The second-order valence-electron chi connectivity index (χ2n) is 7.97. The third-order valence-electron chi connectivity index (χ3n) is 5.90. The first-order valence-electron chi connectivity index (χ1n) is 10.4. The minimum Gasteiger partial charge on any atom is -0.429 e. The first-order chi connectivity index (χ1) is 14.3. The smallest absolute Gasteiger partial charge is 0.426 e. The number of ether oxygens (including phenoxy) is 1. The molecule has 0 radical (unpaired) electrons. The SMILES string of the molecule is CCCCC1CCC(c2ccc(C(F)(F)Oc3cc(F)c(C#N)c(F)c3)cc2)CC1. The van der Waals surface area contributed by atoms with Crippen molar-refractivity contribution < 1.29 is 22.3 Å². The Labute approximate surface area is 174 Å². The van der Waals surface area contributed by atoms with Gasteiger partial charge in [0.2, 0.25) is 0 Å². The molecule has 0 saturated heterocycles. The van der Waals surface area contributed by atoms with E-state index in [0.29, 0.717) is 18.1 Å². The zero-order valence-electron chi connectivity index (χ0n) is 16.9. The van der Waals surface area contributed by atoms with E-state index < -0.39 is 34.6 Å². The lowest BCUT2D eigenvalue weighted by atomic mass is 9.77. The zero-order chi connectivity index (χ0) is 21.7. The molecule has 1 aliphatic carbocycles. The molecule has 6 heteroatoms. The molecule has 0 bridgehead atoms. The molecule has 2 aromatic carbocycles. The van der Waals surface area contributed by atoms with Crippen LogP contribution in [0.25, 0.3) is 0 Å². The predicted molar refractivity (Wildman–Crippen MR) is 106 cm³/mol. The van der Waals surface area contributed by atoms with Crippen molar-refractivity contribution in [3.8, 4) is 11.8 Å². The van der Waals surface area contributed by atoms with Crippen LogP contribution in [0.4, 0.5) is 17.6 Å². The summed E-state index contributed by atoms with van der Waals surface area (Å²) in [6.45, 7) is 2.20. The molecule has 0 amide bonds. The van der Waals surface area contributed by atoms with E-state index in [-0.39, 0.29) is 0 Å². The number of rotatable bonds is 7. The van der Waals surface area contributed by atoms with Gasteiger partial charge in [0.15, 0.2) is 0 Å². The van der Waals surface area contributed by atoms with Crippen molar-refractivity contribution >= 4 is 0 Å². The Morgan fingerprint density at radius 3 is 2.17 bits per heavy atom. The fourth-order valence-electron chi connectivity index (χ4n) is 4.15. The summed E-state index contributed by atoms with van der Waals surface area (Å²) < 4.78 is 60.9. The van der Waals surface area contributed by atoms with Gasteiger partial charge in [-0.15, -0.1) is 0 Å². The van der Waals surface area contributed by atoms with Crippen LogP contribution in [0.2, 0.25) is 0 Å². The number of hydrogen-bond acceptors (Lipinski definition) is 2. The van der Waals surface area contributed by atoms with Crippen LogP contribution in [0.15, 0.2) is 36.4 Å². The van der Waals surface area contributed by atoms with Crippen molar-refractivity contribution in [3.05, 3.63) is 64.7 Å². The van der Waals surface area contributed by atoms with E-state index in [2.05, 4.69) is 11.7 Å². The van der Waals surface area contributed by atoms with Crippen LogP contribution >= 0.6 is 0 Å². The molecular weight excluding hydrogens is 394 g/mol. The van der Waals surface area contributed by atoms with Gasteiger partial charge in [0.05, 0.1) is 5.56 Å². The molecule has 30 heavy (non-hydrogen) atoms. The Kier molecular flexibility index (Phi) is 7.02. The van der Waals surface area contributed by atoms with Gasteiger partial charge in [-0.3, -0.25) is 0 Å². The molecule has 2 aromatic rings. The number of nitriles is 1. The molecule has 0 unspecified atom stereocenters. The third kappa shape index (κ3) is 5.13. The number of unbranched alkanes of at least 4 members (excludes halogenated alkanes) is 1. The minimum absolute atomic E-state index is 0.369. The van der Waals surface area contributed by atoms with Crippen molar-refractivity contribution in [2.45, 2.75) is 63.9 Å². The maximum Gasteiger partial charge on any atom is 0.426 e. The lowest BCUT2D eigenvalue weighted by Crippen LogP contribution is -2.22. The highest BCUT2D eigenvalue weighted by molar-refractivity contribution is 5.38. The zero-order valence-corrected chi connectivity index (χ0v) is 16.9. The molecule has 0 atom stereocenters. The molecular formula is C24H25F4NO. The third-order valence-corrected chi connectivity index (χ3v) is 5.90. The van der Waals surface area contributed by atoms with E-state index in [4.69, 9.17) is 5.26 Å². The van der Waals surface area contributed by atoms with Crippen LogP contribution in [0.1, 0.15) is 74.5 Å². The molecule has 2 nitrogen and oxygen atoms in total. The number of nitrogens with zero attached hydrogens (tertiary/aromatic N) is 1. The van der Waals surface area contributed by atoms with Gasteiger partial charge in [-0.05, 0) is 55.2 Å². The number of hydrogen-bond donors (Lipinski definition) is 0. The molecule has 160 valence electrons. The van der Waals surface area contributed by atoms with Crippen LogP contribution < -0.4 is 4.74 Å². The second-order valence-corrected chi connectivity index (χ2v) is 7.97. The maximum absolute atomic E-state index is 14.5. The Hall–Kier alpha value is -2.55. The molecule has 1 saturated carbocycles. The fourth-order valence-corrected chi connectivity index (χ4v) is 4.15. The Morgan fingerprint density at radius 2 is 1.63 bits per heavy atom. The molecule has 0 heterocycles. The second kappa shape index (κ2) is 9.51. The average Bonchev–Trinajstić information content (AvgIpc) is 2.72. The molecule has 1 fully saturated rings. The molecule has 1 aliphatic rings. The van der Waals surface area contributed by atoms with Gasteiger partial charge < -0.3 is 4.74 Å². The summed E-state index contributed by atoms with van der Waals surface area (Å²) in [6.07, 6.45) is 4.43. The number of alkyl halides is 2. The van der Waals surface area contributed by atoms with Gasteiger partial charge in [-0.1, -0.05) is 38.3 Å². The topological polar surface area (TPSA) is 33.0 Å². The van der Waals surface area contributed by atoms with Crippen molar-refractivity contribution in [1.82, 2.24) is 0 Å². The van der Waals surface area contributed by atoms with E-state index in [0.717, 1.165) is 24.3 Å². The molecule has 0 N–H and O–H groups in total. The monoisotopic (exact) mass is 419 g/mol. The van der Waals surface area contributed by atoms with Gasteiger partial charge in [-0.2, -0.15) is 14.0 Å². The fraction of sp³-hybridized carbons (Fsp3) is 0.458. The average molecular weight is 419 g/mol. The van der Waals surface area contributed by atoms with Gasteiger partial charge in [0, 0.05) is 12.1 Å². The highest BCUT2D eigenvalue weighted by Crippen LogP contribution is 2.39. The van der Waals surface area contributed by atoms with Gasteiger partial charge in [-0.25, -0.2) is 8.78 Å². The standard InChI is InChI=1S/C24H25F4NO/c1-2-3-4-16-5-7-17(8-6-16)18-9-11-19(12-10-18)24(27,28)30-20-13-22(25)21(15-29)23(26)14-20/h9-14,16-17H,2-8H2,1H3. The molecule has 0 aliphatic heterocycles. The Balaban J connectivity index is 1.66. The lowest BCUT2D eigenvalue weighted by molar-refractivity contribution is -0.185. The maximum atomic E-state index is 14.5. The van der Waals surface area contributed by atoms with Crippen LogP contribution in [0.5, 0.6) is 5.75 Å². The largest absolute Gasteiger partial charge is 0.429 e. The summed E-state index contributed by atoms with van der Waals surface area (Å²) in [6, 6.07) is 8.48. The highest BCUT2D eigenvalue weighted by Gasteiger charge is 2.35. The van der Waals surface area contributed by atoms with Crippen LogP contribution in [-0.4, -0.2) is 0 Å². The molecule has 0 aromatic heterocycles. The number of benzene rings is 2. The van der Waals surface area contributed by atoms with Crippen LogP contribution in [0.3, 0.4) is 0 Å². The summed E-state index contributed by atoms with van der Waals surface area (Å²) in [5.41, 5.74) is -0.202. The summed E-state index contributed by atoms with van der Waals surface area (Å²) in [5, 5.41) is 8.67. The summed E-state index contributed by atoms with van der Waals surface area (Å²) in [4.78, 5) is 0. The first-order valence-corrected chi connectivity index (χ1v) is 10.4. The normalized spacial score (nSPS) is 19.3. The molecule has 3 rings (SSSR count). The van der Waals surface area contributed by atoms with Crippen LogP contribution in [0, 0.1) is 28.9 Å². The highest BCUT2D eigenvalue weighted by atomic mass is 19.3. The Morgan fingerprint density at radius 1 is 1.03 bits per heavy atom. The lowest BCUT2D eigenvalue weighted by Gasteiger charge is -2.29. The first kappa shape index (κ1) is 22.1. The van der Waals surface area contributed by atoms with E-state index >= 15 is 0 Å². The van der Waals surface area contributed by atoms with E-state index in [9.17, 15) is 17.6 Å². The van der Waals surface area contributed by atoms with Crippen molar-refractivity contribution in [3.63, 3.8) is 0 Å². The van der Waals surface area contributed by atoms with Crippen molar-refractivity contribution in [2.75, 3.05) is 0 Å². The summed E-state index contributed by atoms with van der Waals surface area (Å²) in [5.74, 6) is -2.02. The van der Waals surface area contributed by atoms with Gasteiger partial charge in [0.1, 0.15) is 29.0 Å². The van der Waals surface area contributed by atoms with Crippen molar-refractivity contribution in [1.29, 1.82) is 5.26 Å². The minimum atomic E-state index is -3.76. The van der Waals surface area contributed by atoms with Crippen molar-refractivity contribution in [2.24, 2.45) is 5.92 Å².